The van der Waals surface area contributed by atoms with Gasteiger partial charge in [0.1, 0.15) is 5.75 Å². The van der Waals surface area contributed by atoms with Crippen LogP contribution in [0.15, 0.2) is 12.1 Å². The minimum Gasteiger partial charge on any atom is -0.508 e. The average Bonchev–Trinajstić information content (AvgIpc) is 2.61. The molecular formula is C23H41NO3S. The van der Waals surface area contributed by atoms with Crippen molar-refractivity contribution in [1.82, 2.24) is 0 Å². The second kappa shape index (κ2) is 13.1. The van der Waals surface area contributed by atoms with Gasteiger partial charge in [0.05, 0.1) is 11.4 Å². The van der Waals surface area contributed by atoms with Crippen molar-refractivity contribution in [3.05, 3.63) is 23.3 Å². The topological polar surface area (TPSA) is 66.4 Å². The molecule has 0 atom stereocenters. The van der Waals surface area contributed by atoms with Crippen LogP contribution in [-0.4, -0.2) is 19.3 Å². The highest BCUT2D eigenvalue weighted by Crippen LogP contribution is 2.31. The van der Waals surface area contributed by atoms with Gasteiger partial charge in [-0.3, -0.25) is 4.72 Å². The number of nitrogens with one attached hydrogen (secondary N) is 1. The lowest BCUT2D eigenvalue weighted by atomic mass is 9.99. The zero-order chi connectivity index (χ0) is 21.0. The monoisotopic (exact) mass is 411 g/mol. The molecule has 0 aromatic heterocycles. The fraction of sp³-hybridized carbons (Fsp3) is 0.739. The lowest BCUT2D eigenvalue weighted by molar-refractivity contribution is 0.464. The number of sulfonamides is 1. The highest BCUT2D eigenvalue weighted by Gasteiger charge is 2.15. The minimum atomic E-state index is -3.35. The van der Waals surface area contributed by atoms with Crippen molar-refractivity contribution in [2.75, 3.05) is 10.5 Å². The minimum absolute atomic E-state index is 0.135. The number of hydrogen-bond donors (Lipinski definition) is 2. The van der Waals surface area contributed by atoms with Crippen LogP contribution in [0.25, 0.3) is 0 Å². The van der Waals surface area contributed by atoms with Gasteiger partial charge in [-0.15, -0.1) is 0 Å². The summed E-state index contributed by atoms with van der Waals surface area (Å²) >= 11 is 0. The van der Waals surface area contributed by atoms with E-state index in [0.717, 1.165) is 24.0 Å². The Kier molecular flexibility index (Phi) is 11.6. The van der Waals surface area contributed by atoms with Crippen molar-refractivity contribution in [3.63, 3.8) is 0 Å². The van der Waals surface area contributed by atoms with Crippen LogP contribution >= 0.6 is 0 Å². The van der Waals surface area contributed by atoms with E-state index < -0.39 is 10.0 Å². The van der Waals surface area contributed by atoms with E-state index >= 15 is 0 Å². The summed E-state index contributed by atoms with van der Waals surface area (Å²) in [5.74, 6) is 0.512. The summed E-state index contributed by atoms with van der Waals surface area (Å²) in [4.78, 5) is 0. The van der Waals surface area contributed by atoms with E-state index in [9.17, 15) is 13.5 Å². The predicted molar refractivity (Wildman–Crippen MR) is 121 cm³/mol. The standard InChI is InChI=1S/C23H41NO3S/c1-5-6-7-8-9-10-11-12-13-14-15-16-28(26,27)24-22-18-21(19(2)3)23(25)17-20(22)4/h17-19,24-25H,5-16H2,1-4H3. The van der Waals surface area contributed by atoms with Gasteiger partial charge in [0, 0.05) is 0 Å². The molecule has 0 spiro atoms. The second-order valence-corrected chi connectivity index (χ2v) is 10.2. The van der Waals surface area contributed by atoms with Gasteiger partial charge in [-0.05, 0) is 42.5 Å². The molecule has 162 valence electrons. The van der Waals surface area contributed by atoms with Gasteiger partial charge in [-0.25, -0.2) is 8.42 Å². The van der Waals surface area contributed by atoms with E-state index in [1.807, 2.05) is 20.8 Å². The Balaban J connectivity index is 2.29. The molecule has 0 aliphatic rings. The lowest BCUT2D eigenvalue weighted by Gasteiger charge is -2.15. The first-order valence-electron chi connectivity index (χ1n) is 11.1. The molecule has 0 amide bonds. The number of hydrogen-bond acceptors (Lipinski definition) is 3. The maximum atomic E-state index is 12.4. The van der Waals surface area contributed by atoms with Gasteiger partial charge < -0.3 is 5.11 Å². The SMILES string of the molecule is CCCCCCCCCCCCCS(=O)(=O)Nc1cc(C(C)C)c(O)cc1C. The van der Waals surface area contributed by atoms with Gasteiger partial charge in [0.15, 0.2) is 0 Å². The zero-order valence-corrected chi connectivity index (χ0v) is 19.2. The maximum Gasteiger partial charge on any atom is 0.232 e. The second-order valence-electron chi connectivity index (χ2n) is 8.34. The first kappa shape index (κ1) is 24.8. The van der Waals surface area contributed by atoms with Gasteiger partial charge in [-0.1, -0.05) is 85.0 Å². The Bertz CT molecular complexity index is 669. The summed E-state index contributed by atoms with van der Waals surface area (Å²) in [6.45, 7) is 8.01. The first-order valence-corrected chi connectivity index (χ1v) is 12.8. The molecular weight excluding hydrogens is 370 g/mol. The third-order valence-corrected chi connectivity index (χ3v) is 6.63. The summed E-state index contributed by atoms with van der Waals surface area (Å²) in [7, 11) is -3.35. The number of unbranched alkanes of at least 4 members (excludes halogenated alkanes) is 10. The van der Waals surface area contributed by atoms with Crippen molar-refractivity contribution < 1.29 is 13.5 Å². The van der Waals surface area contributed by atoms with Gasteiger partial charge in [-0.2, -0.15) is 0 Å². The third kappa shape index (κ3) is 9.81. The van der Waals surface area contributed by atoms with Crippen molar-refractivity contribution in [2.24, 2.45) is 0 Å². The highest BCUT2D eigenvalue weighted by atomic mass is 32.2. The van der Waals surface area contributed by atoms with Crippen LogP contribution in [0, 0.1) is 6.92 Å². The van der Waals surface area contributed by atoms with Gasteiger partial charge in [0.2, 0.25) is 10.0 Å². The number of phenols is 1. The molecule has 4 nitrogen and oxygen atoms in total. The molecule has 0 unspecified atom stereocenters. The lowest BCUT2D eigenvalue weighted by Crippen LogP contribution is -2.17. The number of benzene rings is 1. The van der Waals surface area contributed by atoms with Crippen molar-refractivity contribution in [3.8, 4) is 5.75 Å². The van der Waals surface area contributed by atoms with Gasteiger partial charge in [0.25, 0.3) is 0 Å². The van der Waals surface area contributed by atoms with Crippen LogP contribution in [0.2, 0.25) is 0 Å². The van der Waals surface area contributed by atoms with Crippen LogP contribution in [0.3, 0.4) is 0 Å². The highest BCUT2D eigenvalue weighted by molar-refractivity contribution is 7.92. The molecule has 0 aliphatic heterocycles. The number of rotatable bonds is 15. The molecule has 0 saturated carbocycles. The maximum absolute atomic E-state index is 12.4. The fourth-order valence-electron chi connectivity index (χ4n) is 3.46. The average molecular weight is 412 g/mol. The molecule has 0 fully saturated rings. The van der Waals surface area contributed by atoms with E-state index in [1.165, 1.54) is 51.4 Å². The Hall–Kier alpha value is -1.23. The van der Waals surface area contributed by atoms with Crippen LogP contribution in [0.5, 0.6) is 5.75 Å². The number of anilines is 1. The molecule has 0 aliphatic carbocycles. The Morgan fingerprint density at radius 1 is 0.893 bits per heavy atom. The largest absolute Gasteiger partial charge is 0.508 e. The van der Waals surface area contributed by atoms with Crippen LogP contribution in [0.1, 0.15) is 108 Å². The van der Waals surface area contributed by atoms with Gasteiger partial charge >= 0.3 is 0 Å². The molecule has 0 radical (unpaired) electrons. The van der Waals surface area contributed by atoms with E-state index in [4.69, 9.17) is 0 Å². The quantitative estimate of drug-likeness (QED) is 0.244. The zero-order valence-electron chi connectivity index (χ0n) is 18.4. The summed E-state index contributed by atoms with van der Waals surface area (Å²) in [6, 6.07) is 3.39. The number of aromatic hydroxyl groups is 1. The molecule has 5 heteroatoms. The summed E-state index contributed by atoms with van der Waals surface area (Å²) in [5, 5.41) is 10.0. The van der Waals surface area contributed by atoms with Crippen LogP contribution in [-0.2, 0) is 10.0 Å². The Morgan fingerprint density at radius 2 is 1.39 bits per heavy atom. The van der Waals surface area contributed by atoms with E-state index in [2.05, 4.69) is 11.6 Å². The molecule has 0 bridgehead atoms. The van der Waals surface area contributed by atoms with Crippen molar-refractivity contribution in [2.45, 2.75) is 104 Å². The van der Waals surface area contributed by atoms with E-state index in [0.29, 0.717) is 12.1 Å². The van der Waals surface area contributed by atoms with Crippen molar-refractivity contribution >= 4 is 15.7 Å². The first-order chi connectivity index (χ1) is 13.3. The fourth-order valence-corrected chi connectivity index (χ4v) is 4.70. The van der Waals surface area contributed by atoms with Crippen molar-refractivity contribution in [1.29, 1.82) is 0 Å². The molecule has 1 aromatic carbocycles. The van der Waals surface area contributed by atoms with Crippen LogP contribution < -0.4 is 4.72 Å². The van der Waals surface area contributed by atoms with Crippen LogP contribution in [0.4, 0.5) is 5.69 Å². The number of phenolic OH excluding ortho intramolecular Hbond substituents is 1. The Labute approximate surface area is 173 Å². The predicted octanol–water partition coefficient (Wildman–Crippen LogP) is 6.88. The molecule has 2 N–H and O–H groups in total. The third-order valence-electron chi connectivity index (χ3n) is 5.28. The van der Waals surface area contributed by atoms with E-state index in [1.54, 1.807) is 12.1 Å². The normalized spacial score (nSPS) is 11.9. The molecule has 0 saturated heterocycles. The smallest absolute Gasteiger partial charge is 0.232 e. The van der Waals surface area contributed by atoms with E-state index in [-0.39, 0.29) is 17.4 Å². The summed E-state index contributed by atoms with van der Waals surface area (Å²) in [6.07, 6.45) is 13.2. The Morgan fingerprint density at radius 3 is 1.89 bits per heavy atom. The molecule has 28 heavy (non-hydrogen) atoms. The molecule has 0 heterocycles. The summed E-state index contributed by atoms with van der Waals surface area (Å²) < 4.78 is 27.5. The summed E-state index contributed by atoms with van der Waals surface area (Å²) in [5.41, 5.74) is 2.08. The molecule has 1 rings (SSSR count). The molecule has 1 aromatic rings. The number of aryl methyl sites for hydroxylation is 1.